The third kappa shape index (κ3) is 2.41. The maximum absolute atomic E-state index is 11.8. The fourth-order valence-electron chi connectivity index (χ4n) is 1.30. The highest BCUT2D eigenvalue weighted by atomic mass is 32.1. The quantitative estimate of drug-likeness (QED) is 0.737. The van der Waals surface area contributed by atoms with E-state index in [4.69, 9.17) is 5.73 Å². The van der Waals surface area contributed by atoms with Crippen LogP contribution in [-0.4, -0.2) is 26.1 Å². The summed E-state index contributed by atoms with van der Waals surface area (Å²) in [7, 11) is 0. The average Bonchev–Trinajstić information content (AvgIpc) is 2.86. The summed E-state index contributed by atoms with van der Waals surface area (Å²) in [6.45, 7) is 3.73. The Morgan fingerprint density at radius 2 is 2.35 bits per heavy atom. The van der Waals surface area contributed by atoms with E-state index in [1.54, 1.807) is 6.20 Å². The lowest BCUT2D eigenvalue weighted by atomic mass is 10.1. The number of hydrogen-bond acceptors (Lipinski definition) is 6. The van der Waals surface area contributed by atoms with E-state index in [1.807, 2.05) is 19.2 Å². The Balaban J connectivity index is 2.13. The van der Waals surface area contributed by atoms with Crippen molar-refractivity contribution in [3.63, 3.8) is 0 Å². The summed E-state index contributed by atoms with van der Waals surface area (Å²) in [5.74, 6) is -0.233. The molecule has 0 aliphatic heterocycles. The molecule has 2 aromatic rings. The Kier molecular flexibility index (Phi) is 2.80. The first kappa shape index (κ1) is 11.5. The monoisotopic (exact) mass is 252 g/mol. The number of nitrogens with two attached hydrogens (primary N) is 1. The standard InChI is InChI=1S/C9H12N6OS/c1-9(2,7-11-3-4-17-7)13-6(16)5-12-8(10)15-14-5/h3-4H,1-2H3,(H,13,16)(H3,10,12,14,15). The first-order chi connectivity index (χ1) is 7.99. The number of nitrogens with zero attached hydrogens (tertiary/aromatic N) is 3. The molecule has 0 bridgehead atoms. The molecule has 2 heterocycles. The molecule has 0 aliphatic rings. The average molecular weight is 252 g/mol. The van der Waals surface area contributed by atoms with Gasteiger partial charge in [-0.1, -0.05) is 0 Å². The molecule has 0 saturated carbocycles. The summed E-state index contributed by atoms with van der Waals surface area (Å²) in [4.78, 5) is 19.8. The van der Waals surface area contributed by atoms with Crippen LogP contribution >= 0.6 is 11.3 Å². The molecule has 0 radical (unpaired) electrons. The van der Waals surface area contributed by atoms with E-state index in [9.17, 15) is 4.79 Å². The van der Waals surface area contributed by atoms with Crippen LogP contribution in [0.4, 0.5) is 5.95 Å². The van der Waals surface area contributed by atoms with Crippen LogP contribution in [0.1, 0.15) is 29.5 Å². The molecule has 2 rings (SSSR count). The SMILES string of the molecule is CC(C)(NC(=O)c1nc(N)n[nH]1)c1nccs1. The predicted octanol–water partition coefficient (Wildman–Crippen LogP) is 0.509. The molecule has 2 aromatic heterocycles. The minimum atomic E-state index is -0.563. The second-order valence-electron chi connectivity index (χ2n) is 3.96. The van der Waals surface area contributed by atoms with Crippen molar-refractivity contribution in [1.82, 2.24) is 25.5 Å². The number of amides is 1. The zero-order valence-corrected chi connectivity index (χ0v) is 10.2. The van der Waals surface area contributed by atoms with Crippen molar-refractivity contribution in [2.45, 2.75) is 19.4 Å². The summed E-state index contributed by atoms with van der Waals surface area (Å²) in [6, 6.07) is 0. The van der Waals surface area contributed by atoms with Crippen LogP contribution in [-0.2, 0) is 5.54 Å². The lowest BCUT2D eigenvalue weighted by molar-refractivity contribution is 0.0901. The fourth-order valence-corrected chi connectivity index (χ4v) is 2.02. The molecule has 4 N–H and O–H groups in total. The Bertz CT molecular complexity index is 517. The molecule has 0 saturated heterocycles. The predicted molar refractivity (Wildman–Crippen MR) is 63.4 cm³/mol. The van der Waals surface area contributed by atoms with Crippen molar-refractivity contribution in [2.75, 3.05) is 5.73 Å². The third-order valence-electron chi connectivity index (χ3n) is 2.11. The van der Waals surface area contributed by atoms with Crippen LogP contribution in [0.5, 0.6) is 0 Å². The van der Waals surface area contributed by atoms with Gasteiger partial charge in [0.05, 0.1) is 5.54 Å². The highest BCUT2D eigenvalue weighted by molar-refractivity contribution is 7.09. The lowest BCUT2D eigenvalue weighted by Gasteiger charge is -2.22. The van der Waals surface area contributed by atoms with Crippen molar-refractivity contribution in [1.29, 1.82) is 0 Å². The van der Waals surface area contributed by atoms with Gasteiger partial charge >= 0.3 is 0 Å². The zero-order valence-electron chi connectivity index (χ0n) is 9.39. The highest BCUT2D eigenvalue weighted by Crippen LogP contribution is 2.22. The van der Waals surface area contributed by atoms with Gasteiger partial charge in [-0.05, 0) is 13.8 Å². The normalized spacial score (nSPS) is 11.4. The van der Waals surface area contributed by atoms with Gasteiger partial charge in [-0.3, -0.25) is 9.89 Å². The summed E-state index contributed by atoms with van der Waals surface area (Å²) >= 11 is 1.48. The molecule has 7 nitrogen and oxygen atoms in total. The zero-order chi connectivity index (χ0) is 12.5. The van der Waals surface area contributed by atoms with Gasteiger partial charge in [0, 0.05) is 11.6 Å². The van der Waals surface area contributed by atoms with Gasteiger partial charge in [0.25, 0.3) is 5.91 Å². The van der Waals surface area contributed by atoms with Crippen molar-refractivity contribution >= 4 is 23.2 Å². The summed E-state index contributed by atoms with van der Waals surface area (Å²) in [5.41, 5.74) is 4.77. The molecule has 0 spiro atoms. The molecule has 0 unspecified atom stereocenters. The Morgan fingerprint density at radius 3 is 2.88 bits per heavy atom. The van der Waals surface area contributed by atoms with Crippen LogP contribution in [0.15, 0.2) is 11.6 Å². The summed E-state index contributed by atoms with van der Waals surface area (Å²) in [6.07, 6.45) is 1.69. The number of nitrogens with one attached hydrogen (secondary N) is 2. The number of aromatic amines is 1. The molecular weight excluding hydrogens is 240 g/mol. The second kappa shape index (κ2) is 4.13. The molecule has 0 fully saturated rings. The van der Waals surface area contributed by atoms with E-state index < -0.39 is 5.54 Å². The van der Waals surface area contributed by atoms with E-state index in [2.05, 4.69) is 25.5 Å². The van der Waals surface area contributed by atoms with Gasteiger partial charge in [0.15, 0.2) is 0 Å². The number of thiazole rings is 1. The number of nitrogen functional groups attached to an aromatic ring is 1. The number of anilines is 1. The Morgan fingerprint density at radius 1 is 1.59 bits per heavy atom. The van der Waals surface area contributed by atoms with Crippen molar-refractivity contribution in [2.24, 2.45) is 0 Å². The first-order valence-electron chi connectivity index (χ1n) is 4.89. The maximum Gasteiger partial charge on any atom is 0.289 e. The number of hydrogen-bond donors (Lipinski definition) is 3. The maximum atomic E-state index is 11.8. The molecule has 8 heteroatoms. The van der Waals surface area contributed by atoms with E-state index in [1.165, 1.54) is 11.3 Å². The van der Waals surface area contributed by atoms with Gasteiger partial charge in [-0.25, -0.2) is 4.98 Å². The summed E-state index contributed by atoms with van der Waals surface area (Å²) < 4.78 is 0. The topological polar surface area (TPSA) is 110 Å². The van der Waals surface area contributed by atoms with Crippen LogP contribution in [0, 0.1) is 0 Å². The van der Waals surface area contributed by atoms with Gasteiger partial charge in [-0.15, -0.1) is 16.4 Å². The van der Waals surface area contributed by atoms with Crippen molar-refractivity contribution < 1.29 is 4.79 Å². The second-order valence-corrected chi connectivity index (χ2v) is 4.85. The number of rotatable bonds is 3. The molecule has 0 aliphatic carbocycles. The lowest BCUT2D eigenvalue weighted by Crippen LogP contribution is -2.41. The number of carbonyl (C=O) groups excluding carboxylic acids is 1. The van der Waals surface area contributed by atoms with Crippen LogP contribution < -0.4 is 11.1 Å². The highest BCUT2D eigenvalue weighted by Gasteiger charge is 2.27. The number of carbonyl (C=O) groups is 1. The van der Waals surface area contributed by atoms with Gasteiger partial charge in [-0.2, -0.15) is 4.98 Å². The summed E-state index contributed by atoms with van der Waals surface area (Å²) in [5, 5.41) is 11.5. The molecule has 17 heavy (non-hydrogen) atoms. The minimum absolute atomic E-state index is 0.0437. The van der Waals surface area contributed by atoms with Crippen LogP contribution in [0.3, 0.4) is 0 Å². The molecule has 1 amide bonds. The molecular formula is C9H12N6OS. The molecule has 0 aromatic carbocycles. The van der Waals surface area contributed by atoms with E-state index in [0.717, 1.165) is 5.01 Å². The van der Waals surface area contributed by atoms with Crippen LogP contribution in [0.2, 0.25) is 0 Å². The Labute approximate surface area is 101 Å². The fraction of sp³-hybridized carbons (Fsp3) is 0.333. The largest absolute Gasteiger partial charge is 0.366 e. The van der Waals surface area contributed by atoms with E-state index >= 15 is 0 Å². The minimum Gasteiger partial charge on any atom is -0.366 e. The smallest absolute Gasteiger partial charge is 0.289 e. The van der Waals surface area contributed by atoms with Gasteiger partial charge in [0.2, 0.25) is 11.8 Å². The number of aromatic nitrogens is 4. The number of H-pyrrole nitrogens is 1. The molecule has 0 atom stereocenters. The van der Waals surface area contributed by atoms with Gasteiger partial charge in [0.1, 0.15) is 5.01 Å². The van der Waals surface area contributed by atoms with Crippen molar-refractivity contribution in [3.05, 3.63) is 22.4 Å². The third-order valence-corrected chi connectivity index (χ3v) is 3.21. The molecule has 90 valence electrons. The van der Waals surface area contributed by atoms with E-state index in [-0.39, 0.29) is 17.7 Å². The van der Waals surface area contributed by atoms with E-state index in [0.29, 0.717) is 0 Å². The van der Waals surface area contributed by atoms with Crippen LogP contribution in [0.25, 0.3) is 0 Å². The Hall–Kier alpha value is -1.96. The first-order valence-corrected chi connectivity index (χ1v) is 5.77. The van der Waals surface area contributed by atoms with Crippen molar-refractivity contribution in [3.8, 4) is 0 Å². The van der Waals surface area contributed by atoms with Gasteiger partial charge < -0.3 is 11.1 Å².